The van der Waals surface area contributed by atoms with E-state index in [1.54, 1.807) is 32.4 Å². The summed E-state index contributed by atoms with van der Waals surface area (Å²) in [6.07, 6.45) is 0.771. The van der Waals surface area contributed by atoms with Crippen molar-refractivity contribution in [3.05, 3.63) is 59.4 Å². The second-order valence-corrected chi connectivity index (χ2v) is 4.98. The lowest BCUT2D eigenvalue weighted by Crippen LogP contribution is -2.06. The minimum Gasteiger partial charge on any atom is -0.493 e. The van der Waals surface area contributed by atoms with Gasteiger partial charge in [-0.25, -0.2) is 4.39 Å². The first-order chi connectivity index (χ1) is 11.1. The molecule has 0 fully saturated rings. The fourth-order valence-electron chi connectivity index (χ4n) is 2.15. The Hall–Kier alpha value is -2.56. The molecule has 0 aliphatic rings. The molecule has 0 saturated heterocycles. The molecule has 0 atom stereocenters. The largest absolute Gasteiger partial charge is 0.493 e. The zero-order chi connectivity index (χ0) is 16.7. The minimum absolute atomic E-state index is 0.0720. The molecule has 0 aliphatic carbocycles. The maximum absolute atomic E-state index is 13.0. The third kappa shape index (κ3) is 4.98. The van der Waals surface area contributed by atoms with E-state index in [9.17, 15) is 9.18 Å². The molecule has 23 heavy (non-hydrogen) atoms. The summed E-state index contributed by atoms with van der Waals surface area (Å²) in [5, 5.41) is 0. The van der Waals surface area contributed by atoms with Crippen molar-refractivity contribution in [2.75, 3.05) is 14.2 Å². The van der Waals surface area contributed by atoms with Gasteiger partial charge in [-0.2, -0.15) is 0 Å². The SMILES string of the molecule is COc1ccc(CCC(=O)OCc2cccc(F)c2)cc1OC. The number of ether oxygens (including phenoxy) is 3. The van der Waals surface area contributed by atoms with E-state index in [1.165, 1.54) is 12.1 Å². The Morgan fingerprint density at radius 1 is 1.00 bits per heavy atom. The van der Waals surface area contributed by atoms with Crippen LogP contribution < -0.4 is 9.47 Å². The van der Waals surface area contributed by atoms with Crippen molar-refractivity contribution in [3.8, 4) is 11.5 Å². The number of carbonyl (C=O) groups is 1. The summed E-state index contributed by atoms with van der Waals surface area (Å²) in [4.78, 5) is 11.8. The Morgan fingerprint density at radius 2 is 1.78 bits per heavy atom. The third-order valence-electron chi connectivity index (χ3n) is 3.35. The molecule has 122 valence electrons. The standard InChI is InChI=1S/C18H19FO4/c1-21-16-8-6-13(11-17(16)22-2)7-9-18(20)23-12-14-4-3-5-15(19)10-14/h3-6,8,10-11H,7,9,12H2,1-2H3. The van der Waals surface area contributed by atoms with Gasteiger partial charge in [0.1, 0.15) is 12.4 Å². The smallest absolute Gasteiger partial charge is 0.306 e. The maximum atomic E-state index is 13.0. The van der Waals surface area contributed by atoms with Crippen LogP contribution in [0.5, 0.6) is 11.5 Å². The molecular formula is C18H19FO4. The molecule has 0 heterocycles. The van der Waals surface area contributed by atoms with E-state index in [4.69, 9.17) is 14.2 Å². The van der Waals surface area contributed by atoms with Crippen LogP contribution in [0, 0.1) is 5.82 Å². The van der Waals surface area contributed by atoms with Gasteiger partial charge in [-0.1, -0.05) is 18.2 Å². The number of halogens is 1. The lowest BCUT2D eigenvalue weighted by Gasteiger charge is -2.09. The molecule has 0 bridgehead atoms. The summed E-state index contributed by atoms with van der Waals surface area (Å²) in [6.45, 7) is 0.0720. The molecule has 0 aromatic heterocycles. The Morgan fingerprint density at radius 3 is 2.48 bits per heavy atom. The van der Waals surface area contributed by atoms with Gasteiger partial charge >= 0.3 is 5.97 Å². The van der Waals surface area contributed by atoms with Gasteiger partial charge in [0.15, 0.2) is 11.5 Å². The van der Waals surface area contributed by atoms with Crippen molar-refractivity contribution >= 4 is 5.97 Å². The quantitative estimate of drug-likeness (QED) is 0.733. The summed E-state index contributed by atoms with van der Waals surface area (Å²) >= 11 is 0. The van der Waals surface area contributed by atoms with Gasteiger partial charge in [0, 0.05) is 6.42 Å². The van der Waals surface area contributed by atoms with Gasteiger partial charge in [0.25, 0.3) is 0 Å². The molecule has 4 nitrogen and oxygen atoms in total. The molecule has 0 unspecified atom stereocenters. The number of benzene rings is 2. The highest BCUT2D eigenvalue weighted by molar-refractivity contribution is 5.69. The van der Waals surface area contributed by atoms with Crippen LogP contribution in [0.4, 0.5) is 4.39 Å². The third-order valence-corrected chi connectivity index (χ3v) is 3.35. The monoisotopic (exact) mass is 318 g/mol. The molecule has 0 saturated carbocycles. The molecular weight excluding hydrogens is 299 g/mol. The number of carbonyl (C=O) groups excluding carboxylic acids is 1. The minimum atomic E-state index is -0.344. The summed E-state index contributed by atoms with van der Waals surface area (Å²) in [5.74, 6) is 0.594. The molecule has 0 aliphatic heterocycles. The zero-order valence-corrected chi connectivity index (χ0v) is 13.2. The van der Waals surface area contributed by atoms with E-state index >= 15 is 0 Å². The molecule has 0 amide bonds. The number of hydrogen-bond donors (Lipinski definition) is 0. The van der Waals surface area contributed by atoms with E-state index < -0.39 is 0 Å². The molecule has 2 aromatic rings. The predicted molar refractivity (Wildman–Crippen MR) is 84.1 cm³/mol. The normalized spacial score (nSPS) is 10.2. The summed E-state index contributed by atoms with van der Waals surface area (Å²) in [7, 11) is 3.14. The van der Waals surface area contributed by atoms with E-state index in [0.29, 0.717) is 23.5 Å². The van der Waals surface area contributed by atoms with Crippen molar-refractivity contribution in [2.24, 2.45) is 0 Å². The van der Waals surface area contributed by atoms with Gasteiger partial charge in [-0.15, -0.1) is 0 Å². The first kappa shape index (κ1) is 16.8. The van der Waals surface area contributed by atoms with E-state index in [1.807, 2.05) is 12.1 Å². The Labute approximate surface area is 134 Å². The number of rotatable bonds is 7. The average Bonchev–Trinajstić information content (AvgIpc) is 2.57. The number of hydrogen-bond acceptors (Lipinski definition) is 4. The Bertz CT molecular complexity index is 670. The number of esters is 1. The van der Waals surface area contributed by atoms with Crippen molar-refractivity contribution in [2.45, 2.75) is 19.4 Å². The molecule has 0 radical (unpaired) electrons. The average molecular weight is 318 g/mol. The van der Waals surface area contributed by atoms with Gasteiger partial charge in [0.05, 0.1) is 14.2 Å². The highest BCUT2D eigenvalue weighted by atomic mass is 19.1. The van der Waals surface area contributed by atoms with Gasteiger partial charge in [-0.3, -0.25) is 4.79 Å². The maximum Gasteiger partial charge on any atom is 0.306 e. The lowest BCUT2D eigenvalue weighted by molar-refractivity contribution is -0.144. The van der Waals surface area contributed by atoms with Crippen LogP contribution in [0.25, 0.3) is 0 Å². The van der Waals surface area contributed by atoms with Gasteiger partial charge in [0.2, 0.25) is 0 Å². The van der Waals surface area contributed by atoms with Crippen LogP contribution in [-0.4, -0.2) is 20.2 Å². The van der Waals surface area contributed by atoms with Crippen LogP contribution >= 0.6 is 0 Å². The van der Waals surface area contributed by atoms with Crippen LogP contribution in [0.15, 0.2) is 42.5 Å². The summed E-state index contributed by atoms with van der Waals surface area (Å²) in [6, 6.07) is 11.5. The second kappa shape index (κ2) is 8.17. The van der Waals surface area contributed by atoms with Gasteiger partial charge < -0.3 is 14.2 Å². The Kier molecular flexibility index (Phi) is 5.97. The highest BCUT2D eigenvalue weighted by Gasteiger charge is 2.08. The van der Waals surface area contributed by atoms with Crippen molar-refractivity contribution in [1.82, 2.24) is 0 Å². The molecule has 0 spiro atoms. The highest BCUT2D eigenvalue weighted by Crippen LogP contribution is 2.28. The molecule has 0 N–H and O–H groups in total. The van der Waals surface area contributed by atoms with Crippen LogP contribution in [-0.2, 0) is 22.6 Å². The number of aryl methyl sites for hydroxylation is 1. The van der Waals surface area contributed by atoms with Crippen molar-refractivity contribution in [3.63, 3.8) is 0 Å². The lowest BCUT2D eigenvalue weighted by atomic mass is 10.1. The second-order valence-electron chi connectivity index (χ2n) is 4.98. The van der Waals surface area contributed by atoms with Crippen molar-refractivity contribution in [1.29, 1.82) is 0 Å². The fraction of sp³-hybridized carbons (Fsp3) is 0.278. The number of methoxy groups -OCH3 is 2. The summed E-state index contributed by atoms with van der Waals surface area (Å²) in [5.41, 5.74) is 1.58. The van der Waals surface area contributed by atoms with Crippen LogP contribution in [0.1, 0.15) is 17.5 Å². The van der Waals surface area contributed by atoms with E-state index in [2.05, 4.69) is 0 Å². The first-order valence-corrected chi connectivity index (χ1v) is 7.23. The summed E-state index contributed by atoms with van der Waals surface area (Å²) < 4.78 is 28.6. The molecule has 2 rings (SSSR count). The van der Waals surface area contributed by atoms with Crippen LogP contribution in [0.3, 0.4) is 0 Å². The van der Waals surface area contributed by atoms with Gasteiger partial charge in [-0.05, 0) is 41.8 Å². The topological polar surface area (TPSA) is 44.8 Å². The van der Waals surface area contributed by atoms with Crippen molar-refractivity contribution < 1.29 is 23.4 Å². The Balaban J connectivity index is 1.84. The van der Waals surface area contributed by atoms with E-state index in [-0.39, 0.29) is 24.8 Å². The fourth-order valence-corrected chi connectivity index (χ4v) is 2.15. The first-order valence-electron chi connectivity index (χ1n) is 7.23. The predicted octanol–water partition coefficient (Wildman–Crippen LogP) is 3.52. The zero-order valence-electron chi connectivity index (χ0n) is 13.2. The molecule has 2 aromatic carbocycles. The van der Waals surface area contributed by atoms with E-state index in [0.717, 1.165) is 5.56 Å². The van der Waals surface area contributed by atoms with Crippen LogP contribution in [0.2, 0.25) is 0 Å². The molecule has 5 heteroatoms.